The van der Waals surface area contributed by atoms with Gasteiger partial charge in [-0.15, -0.1) is 0 Å². The Labute approximate surface area is 107 Å². The predicted octanol–water partition coefficient (Wildman–Crippen LogP) is 1.19. The molecule has 0 aliphatic carbocycles. The number of amides is 1. The van der Waals surface area contributed by atoms with Crippen molar-refractivity contribution in [1.82, 2.24) is 5.32 Å². The van der Waals surface area contributed by atoms with Crippen LogP contribution in [0, 0.1) is 0 Å². The molecule has 3 N–H and O–H groups in total. The molecular formula is C13H20N2O3. The summed E-state index contributed by atoms with van der Waals surface area (Å²) >= 11 is 0. The van der Waals surface area contributed by atoms with E-state index in [-0.39, 0.29) is 5.91 Å². The molecule has 0 unspecified atom stereocenters. The Morgan fingerprint density at radius 1 is 1.44 bits per heavy atom. The van der Waals surface area contributed by atoms with E-state index in [1.165, 1.54) is 7.11 Å². The normalized spacial score (nSPS) is 11.1. The number of rotatable bonds is 6. The van der Waals surface area contributed by atoms with Gasteiger partial charge in [0.15, 0.2) is 0 Å². The van der Waals surface area contributed by atoms with Crippen LogP contribution in [0.15, 0.2) is 24.3 Å². The van der Waals surface area contributed by atoms with E-state index in [9.17, 15) is 4.79 Å². The van der Waals surface area contributed by atoms with Crippen LogP contribution in [0.4, 0.5) is 5.69 Å². The Kier molecular flexibility index (Phi) is 4.97. The summed E-state index contributed by atoms with van der Waals surface area (Å²) in [6.45, 7) is 4.22. The third-order valence-electron chi connectivity index (χ3n) is 2.57. The van der Waals surface area contributed by atoms with Crippen LogP contribution in [-0.4, -0.2) is 31.8 Å². The minimum Gasteiger partial charge on any atom is -0.492 e. The third kappa shape index (κ3) is 4.25. The van der Waals surface area contributed by atoms with Crippen LogP contribution in [-0.2, 0) is 9.53 Å². The minimum absolute atomic E-state index is 0.166. The molecule has 0 saturated carbocycles. The molecule has 0 spiro atoms. The summed E-state index contributed by atoms with van der Waals surface area (Å²) < 4.78 is 10.5. The van der Waals surface area contributed by atoms with Crippen molar-refractivity contribution in [3.8, 4) is 5.75 Å². The molecule has 1 aromatic rings. The fraction of sp³-hybridized carbons (Fsp3) is 0.462. The highest BCUT2D eigenvalue weighted by Crippen LogP contribution is 2.14. The van der Waals surface area contributed by atoms with E-state index in [0.29, 0.717) is 24.6 Å². The number of benzene rings is 1. The third-order valence-corrected chi connectivity index (χ3v) is 2.57. The fourth-order valence-corrected chi connectivity index (χ4v) is 1.24. The molecule has 1 rings (SSSR count). The van der Waals surface area contributed by atoms with Crippen molar-refractivity contribution >= 4 is 11.6 Å². The van der Waals surface area contributed by atoms with Gasteiger partial charge >= 0.3 is 0 Å². The number of hydrogen-bond acceptors (Lipinski definition) is 4. The molecule has 5 nitrogen and oxygen atoms in total. The van der Waals surface area contributed by atoms with E-state index < -0.39 is 5.60 Å². The van der Waals surface area contributed by atoms with Gasteiger partial charge in [0.2, 0.25) is 0 Å². The van der Waals surface area contributed by atoms with Crippen LogP contribution in [0.2, 0.25) is 0 Å². The molecule has 1 aromatic carbocycles. The highest BCUT2D eigenvalue weighted by Gasteiger charge is 2.26. The molecule has 0 radical (unpaired) electrons. The maximum Gasteiger partial charge on any atom is 0.251 e. The van der Waals surface area contributed by atoms with Crippen molar-refractivity contribution in [3.63, 3.8) is 0 Å². The Hall–Kier alpha value is -1.75. The SMILES string of the molecule is COC(C)(C)C(=O)NCCOc1cccc(N)c1. The predicted molar refractivity (Wildman–Crippen MR) is 70.4 cm³/mol. The number of nitrogens with one attached hydrogen (secondary N) is 1. The standard InChI is InChI=1S/C13H20N2O3/c1-13(2,17-3)12(16)15-7-8-18-11-6-4-5-10(14)9-11/h4-6,9H,7-8,14H2,1-3H3,(H,15,16). The minimum atomic E-state index is -0.822. The highest BCUT2D eigenvalue weighted by molar-refractivity contribution is 5.84. The summed E-state index contributed by atoms with van der Waals surface area (Å²) in [7, 11) is 1.50. The van der Waals surface area contributed by atoms with Crippen LogP contribution < -0.4 is 15.8 Å². The first kappa shape index (κ1) is 14.3. The first-order valence-corrected chi connectivity index (χ1v) is 5.77. The molecule has 0 aliphatic rings. The summed E-state index contributed by atoms with van der Waals surface area (Å²) in [6.07, 6.45) is 0. The first-order valence-electron chi connectivity index (χ1n) is 5.77. The van der Waals surface area contributed by atoms with Gasteiger partial charge in [0.25, 0.3) is 5.91 Å². The molecule has 0 aromatic heterocycles. The van der Waals surface area contributed by atoms with Gasteiger partial charge in [-0.25, -0.2) is 0 Å². The first-order chi connectivity index (χ1) is 8.45. The van der Waals surface area contributed by atoms with Gasteiger partial charge in [-0.2, -0.15) is 0 Å². The molecule has 0 atom stereocenters. The summed E-state index contributed by atoms with van der Waals surface area (Å²) in [5, 5.41) is 2.74. The molecule has 0 heterocycles. The second-order valence-corrected chi connectivity index (χ2v) is 4.39. The Balaban J connectivity index is 2.29. The van der Waals surface area contributed by atoms with Crippen molar-refractivity contribution in [1.29, 1.82) is 0 Å². The summed E-state index contributed by atoms with van der Waals surface area (Å²) in [5.74, 6) is 0.524. The van der Waals surface area contributed by atoms with Crippen molar-refractivity contribution in [3.05, 3.63) is 24.3 Å². The average molecular weight is 252 g/mol. The molecule has 0 saturated heterocycles. The number of nitrogen functional groups attached to an aromatic ring is 1. The van der Waals surface area contributed by atoms with Crippen LogP contribution >= 0.6 is 0 Å². The molecule has 0 bridgehead atoms. The summed E-state index contributed by atoms with van der Waals surface area (Å²) in [5.41, 5.74) is 5.45. The maximum absolute atomic E-state index is 11.6. The van der Waals surface area contributed by atoms with Gasteiger partial charge < -0.3 is 20.5 Å². The largest absolute Gasteiger partial charge is 0.492 e. The van der Waals surface area contributed by atoms with E-state index >= 15 is 0 Å². The molecule has 0 aliphatic heterocycles. The lowest BCUT2D eigenvalue weighted by Gasteiger charge is -2.21. The lowest BCUT2D eigenvalue weighted by atomic mass is 10.1. The number of carbonyl (C=O) groups is 1. The van der Waals surface area contributed by atoms with E-state index in [2.05, 4.69) is 5.32 Å². The fourth-order valence-electron chi connectivity index (χ4n) is 1.24. The van der Waals surface area contributed by atoms with Gasteiger partial charge in [0.05, 0.1) is 6.54 Å². The van der Waals surface area contributed by atoms with Gasteiger partial charge in [0.1, 0.15) is 18.0 Å². The zero-order valence-corrected chi connectivity index (χ0v) is 11.0. The Bertz CT molecular complexity index is 405. The number of nitrogens with two attached hydrogens (primary N) is 1. The van der Waals surface area contributed by atoms with Crippen molar-refractivity contribution in [2.75, 3.05) is 26.0 Å². The van der Waals surface area contributed by atoms with Crippen molar-refractivity contribution in [2.45, 2.75) is 19.4 Å². The molecule has 1 amide bonds. The lowest BCUT2D eigenvalue weighted by molar-refractivity contribution is -0.139. The molecule has 18 heavy (non-hydrogen) atoms. The summed E-state index contributed by atoms with van der Waals surface area (Å²) in [4.78, 5) is 11.6. The Morgan fingerprint density at radius 3 is 2.78 bits per heavy atom. The van der Waals surface area contributed by atoms with Gasteiger partial charge in [-0.05, 0) is 26.0 Å². The van der Waals surface area contributed by atoms with Gasteiger partial charge in [0, 0.05) is 18.9 Å². The second kappa shape index (κ2) is 6.26. The number of anilines is 1. The quantitative estimate of drug-likeness (QED) is 0.589. The van der Waals surface area contributed by atoms with Crippen LogP contribution in [0.5, 0.6) is 5.75 Å². The van der Waals surface area contributed by atoms with Gasteiger partial charge in [-0.3, -0.25) is 4.79 Å². The van der Waals surface area contributed by atoms with Crippen LogP contribution in [0.25, 0.3) is 0 Å². The number of hydrogen-bond donors (Lipinski definition) is 2. The zero-order chi connectivity index (χ0) is 13.6. The summed E-state index contributed by atoms with van der Waals surface area (Å²) in [6, 6.07) is 7.16. The van der Waals surface area contributed by atoms with Gasteiger partial charge in [-0.1, -0.05) is 6.07 Å². The monoisotopic (exact) mass is 252 g/mol. The van der Waals surface area contributed by atoms with Crippen molar-refractivity contribution < 1.29 is 14.3 Å². The maximum atomic E-state index is 11.6. The van der Waals surface area contributed by atoms with Crippen LogP contribution in [0.3, 0.4) is 0 Å². The smallest absolute Gasteiger partial charge is 0.251 e. The Morgan fingerprint density at radius 2 is 2.17 bits per heavy atom. The van der Waals surface area contributed by atoms with Crippen LogP contribution in [0.1, 0.15) is 13.8 Å². The van der Waals surface area contributed by atoms with E-state index in [1.807, 2.05) is 12.1 Å². The lowest BCUT2D eigenvalue weighted by Crippen LogP contribution is -2.44. The number of ether oxygens (including phenoxy) is 2. The van der Waals surface area contributed by atoms with E-state index in [0.717, 1.165) is 0 Å². The average Bonchev–Trinajstić information content (AvgIpc) is 2.34. The molecule has 5 heteroatoms. The topological polar surface area (TPSA) is 73.6 Å². The molecular weight excluding hydrogens is 232 g/mol. The molecule has 0 fully saturated rings. The number of methoxy groups -OCH3 is 1. The number of carbonyl (C=O) groups excluding carboxylic acids is 1. The second-order valence-electron chi connectivity index (χ2n) is 4.39. The zero-order valence-electron chi connectivity index (χ0n) is 11.0. The van der Waals surface area contributed by atoms with E-state index in [4.69, 9.17) is 15.2 Å². The highest BCUT2D eigenvalue weighted by atomic mass is 16.5. The van der Waals surface area contributed by atoms with Crippen molar-refractivity contribution in [2.24, 2.45) is 0 Å². The molecule has 100 valence electrons. The van der Waals surface area contributed by atoms with E-state index in [1.54, 1.807) is 26.0 Å².